The van der Waals surface area contributed by atoms with E-state index in [0.717, 1.165) is 12.1 Å². The number of sulfonamides is 1. The average molecular weight is 564 g/mol. The molecule has 3 aromatic carbocycles. The van der Waals surface area contributed by atoms with E-state index in [-0.39, 0.29) is 22.8 Å². The number of aliphatic hydroxyl groups excluding tert-OH is 1. The predicted octanol–water partition coefficient (Wildman–Crippen LogP) is 5.32. The molecule has 0 unspecified atom stereocenters. The second kappa shape index (κ2) is 10.8. The Hall–Kier alpha value is -4.68. The summed E-state index contributed by atoms with van der Waals surface area (Å²) in [6, 6.07) is 16.8. The number of ether oxygens (including phenoxy) is 1. The van der Waals surface area contributed by atoms with Gasteiger partial charge < -0.3 is 15.2 Å². The first-order chi connectivity index (χ1) is 19.2. The first-order valence-corrected chi connectivity index (χ1v) is 13.4. The number of anilines is 3. The Kier molecular flexibility index (Phi) is 7.28. The van der Waals surface area contributed by atoms with Gasteiger partial charge >= 0.3 is 0 Å². The molecular weight excluding hydrogens is 540 g/mol. The number of nitrogens with one attached hydrogen (secondary N) is 2. The predicted molar refractivity (Wildman–Crippen MR) is 147 cm³/mol. The Labute approximate surface area is 228 Å². The highest BCUT2D eigenvalue weighted by molar-refractivity contribution is 7.92. The molecule has 0 atom stereocenters. The number of hydrogen-bond donors (Lipinski definition) is 3. The summed E-state index contributed by atoms with van der Waals surface area (Å²) in [6.45, 7) is 1.43. The second-order valence-electron chi connectivity index (χ2n) is 8.79. The van der Waals surface area contributed by atoms with Gasteiger partial charge in [0, 0.05) is 5.56 Å². The molecule has 9 nitrogen and oxygen atoms in total. The fraction of sp³-hybridized carbons (Fsp3) is 0.107. The standard InChI is InChI=1S/C28H23F2N5O4S/c1-16-12-19(39-2)6-11-24(16)40(37,38)35-22-8-7-20(29)26(25(22)30)34-28-27-23(31-15-32-28)10-9-21(33-27)18-5-3-4-17(13-18)14-36/h3-13,15,35-36H,14H2,1-2H3,(H,31,32,34). The summed E-state index contributed by atoms with van der Waals surface area (Å²) < 4.78 is 63.8. The third kappa shape index (κ3) is 5.26. The maximum atomic E-state index is 15.6. The Bertz CT molecular complexity index is 1850. The number of nitrogens with zero attached hydrogens (tertiary/aromatic N) is 3. The van der Waals surface area contributed by atoms with Crippen molar-refractivity contribution < 1.29 is 27.0 Å². The molecule has 0 aliphatic carbocycles. The summed E-state index contributed by atoms with van der Waals surface area (Å²) in [7, 11) is -2.77. The minimum Gasteiger partial charge on any atom is -0.497 e. The van der Waals surface area contributed by atoms with Crippen molar-refractivity contribution in [2.75, 3.05) is 17.1 Å². The van der Waals surface area contributed by atoms with E-state index in [1.807, 2.05) is 6.07 Å². The van der Waals surface area contributed by atoms with Gasteiger partial charge in [0.05, 0.1) is 35.5 Å². The summed E-state index contributed by atoms with van der Waals surface area (Å²) in [5.74, 6) is -1.67. The van der Waals surface area contributed by atoms with Crippen molar-refractivity contribution in [3.05, 3.63) is 95.8 Å². The highest BCUT2D eigenvalue weighted by Crippen LogP contribution is 2.32. The van der Waals surface area contributed by atoms with Gasteiger partial charge in [-0.3, -0.25) is 4.72 Å². The van der Waals surface area contributed by atoms with Crippen LogP contribution in [-0.4, -0.2) is 35.6 Å². The van der Waals surface area contributed by atoms with E-state index in [1.54, 1.807) is 37.3 Å². The van der Waals surface area contributed by atoms with Gasteiger partial charge in [-0.25, -0.2) is 32.2 Å². The van der Waals surface area contributed by atoms with E-state index < -0.39 is 33.0 Å². The number of aliphatic hydroxyl groups is 1. The Morgan fingerprint density at radius 3 is 2.58 bits per heavy atom. The minimum atomic E-state index is -4.22. The number of halogens is 2. The molecule has 5 rings (SSSR count). The van der Waals surface area contributed by atoms with Crippen LogP contribution in [0.15, 0.2) is 78.0 Å². The lowest BCUT2D eigenvalue weighted by atomic mass is 10.1. The number of fused-ring (bicyclic) bond motifs is 1. The molecule has 0 spiro atoms. The summed E-state index contributed by atoms with van der Waals surface area (Å²) in [5, 5.41) is 12.1. The van der Waals surface area contributed by atoms with Gasteiger partial charge in [0.2, 0.25) is 0 Å². The van der Waals surface area contributed by atoms with Gasteiger partial charge in [0.25, 0.3) is 10.0 Å². The fourth-order valence-corrected chi connectivity index (χ4v) is 5.42. The summed E-state index contributed by atoms with van der Waals surface area (Å²) in [4.78, 5) is 12.8. The molecule has 2 aromatic heterocycles. The SMILES string of the molecule is COc1ccc(S(=O)(=O)Nc2ccc(F)c(Nc3ncnc4ccc(-c5cccc(CO)c5)nc34)c2F)c(C)c1. The molecule has 0 saturated carbocycles. The molecule has 0 radical (unpaired) electrons. The lowest BCUT2D eigenvalue weighted by Crippen LogP contribution is -2.16. The average Bonchev–Trinajstić information content (AvgIpc) is 2.96. The third-order valence-corrected chi connectivity index (χ3v) is 7.66. The van der Waals surface area contributed by atoms with Crippen LogP contribution in [0.2, 0.25) is 0 Å². The van der Waals surface area contributed by atoms with E-state index in [2.05, 4.69) is 25.0 Å². The van der Waals surface area contributed by atoms with Crippen LogP contribution in [0.3, 0.4) is 0 Å². The van der Waals surface area contributed by atoms with Crippen molar-refractivity contribution in [2.45, 2.75) is 18.4 Å². The van der Waals surface area contributed by atoms with Crippen LogP contribution in [0.1, 0.15) is 11.1 Å². The van der Waals surface area contributed by atoms with E-state index in [4.69, 9.17) is 4.74 Å². The van der Waals surface area contributed by atoms with Gasteiger partial charge in [-0.05, 0) is 66.6 Å². The smallest absolute Gasteiger partial charge is 0.262 e. The van der Waals surface area contributed by atoms with Gasteiger partial charge in [-0.1, -0.05) is 18.2 Å². The van der Waals surface area contributed by atoms with E-state index >= 15 is 4.39 Å². The van der Waals surface area contributed by atoms with E-state index in [0.29, 0.717) is 33.7 Å². The zero-order valence-electron chi connectivity index (χ0n) is 21.3. The number of aryl methyl sites for hydroxylation is 1. The lowest BCUT2D eigenvalue weighted by Gasteiger charge is -2.15. The zero-order chi connectivity index (χ0) is 28.4. The molecule has 0 fully saturated rings. The molecule has 0 bridgehead atoms. The van der Waals surface area contributed by atoms with Gasteiger partial charge in [-0.2, -0.15) is 0 Å². The van der Waals surface area contributed by atoms with Gasteiger partial charge in [0.1, 0.15) is 29.1 Å². The second-order valence-corrected chi connectivity index (χ2v) is 10.4. The topological polar surface area (TPSA) is 126 Å². The molecule has 0 aliphatic rings. The van der Waals surface area contributed by atoms with Crippen LogP contribution in [0, 0.1) is 18.6 Å². The molecule has 204 valence electrons. The first-order valence-electron chi connectivity index (χ1n) is 11.9. The van der Waals surface area contributed by atoms with Crippen molar-refractivity contribution >= 4 is 38.2 Å². The highest BCUT2D eigenvalue weighted by atomic mass is 32.2. The molecule has 0 saturated heterocycles. The Balaban J connectivity index is 1.51. The first kappa shape index (κ1) is 26.9. The maximum absolute atomic E-state index is 15.6. The van der Waals surface area contributed by atoms with Crippen molar-refractivity contribution in [1.29, 1.82) is 0 Å². The molecule has 2 heterocycles. The van der Waals surface area contributed by atoms with Crippen molar-refractivity contribution in [2.24, 2.45) is 0 Å². The zero-order valence-corrected chi connectivity index (χ0v) is 22.1. The monoisotopic (exact) mass is 563 g/mol. The van der Waals surface area contributed by atoms with Crippen LogP contribution in [0.4, 0.5) is 26.0 Å². The van der Waals surface area contributed by atoms with Gasteiger partial charge in [0.15, 0.2) is 11.6 Å². The number of rotatable bonds is 8. The van der Waals surface area contributed by atoms with Crippen LogP contribution in [0.25, 0.3) is 22.3 Å². The molecule has 12 heteroatoms. The number of methoxy groups -OCH3 is 1. The Morgan fingerprint density at radius 2 is 1.82 bits per heavy atom. The quantitative estimate of drug-likeness (QED) is 0.232. The van der Waals surface area contributed by atoms with E-state index in [1.165, 1.54) is 31.6 Å². The van der Waals surface area contributed by atoms with Crippen molar-refractivity contribution in [3.8, 4) is 17.0 Å². The van der Waals surface area contributed by atoms with E-state index in [9.17, 15) is 17.9 Å². The minimum absolute atomic E-state index is 0.00830. The highest BCUT2D eigenvalue weighted by Gasteiger charge is 2.23. The Morgan fingerprint density at radius 1 is 1.00 bits per heavy atom. The number of pyridine rings is 1. The summed E-state index contributed by atoms with van der Waals surface area (Å²) in [6.07, 6.45) is 1.22. The molecule has 5 aromatic rings. The third-order valence-electron chi connectivity index (χ3n) is 6.14. The van der Waals surface area contributed by atoms with Crippen molar-refractivity contribution in [3.63, 3.8) is 0 Å². The molecule has 3 N–H and O–H groups in total. The van der Waals surface area contributed by atoms with Crippen molar-refractivity contribution in [1.82, 2.24) is 15.0 Å². The molecule has 0 aliphatic heterocycles. The normalized spacial score (nSPS) is 11.4. The molecular formula is C28H23F2N5O4S. The maximum Gasteiger partial charge on any atom is 0.262 e. The number of aromatic nitrogens is 3. The summed E-state index contributed by atoms with van der Waals surface area (Å²) in [5.41, 5.74) is 1.86. The number of hydrogen-bond acceptors (Lipinski definition) is 8. The van der Waals surface area contributed by atoms with Crippen LogP contribution in [0.5, 0.6) is 5.75 Å². The fourth-order valence-electron chi connectivity index (χ4n) is 4.14. The largest absolute Gasteiger partial charge is 0.497 e. The van der Waals surface area contributed by atoms with Gasteiger partial charge in [-0.15, -0.1) is 0 Å². The van der Waals surface area contributed by atoms with Crippen LogP contribution >= 0.6 is 0 Å². The van der Waals surface area contributed by atoms with Crippen LogP contribution in [-0.2, 0) is 16.6 Å². The lowest BCUT2D eigenvalue weighted by molar-refractivity contribution is 0.282. The molecule has 40 heavy (non-hydrogen) atoms. The summed E-state index contributed by atoms with van der Waals surface area (Å²) >= 11 is 0. The number of benzene rings is 3. The molecule has 0 amide bonds. The van der Waals surface area contributed by atoms with Crippen LogP contribution < -0.4 is 14.8 Å².